The smallest absolute Gasteiger partial charge is 0.253 e. The van der Waals surface area contributed by atoms with Crippen molar-refractivity contribution in [3.8, 4) is 0 Å². The summed E-state index contributed by atoms with van der Waals surface area (Å²) in [5.41, 5.74) is 2.00. The van der Waals surface area contributed by atoms with Crippen LogP contribution in [0.3, 0.4) is 0 Å². The number of morpholine rings is 1. The van der Waals surface area contributed by atoms with E-state index in [1.165, 1.54) is 18.5 Å². The van der Waals surface area contributed by atoms with Crippen molar-refractivity contribution in [2.45, 2.75) is 25.7 Å². The van der Waals surface area contributed by atoms with Gasteiger partial charge in [-0.3, -0.25) is 4.79 Å². The highest BCUT2D eigenvalue weighted by molar-refractivity contribution is 5.94. The second kappa shape index (κ2) is 6.94. The van der Waals surface area contributed by atoms with Crippen molar-refractivity contribution < 1.29 is 9.53 Å². The maximum absolute atomic E-state index is 12.5. The highest BCUT2D eigenvalue weighted by atomic mass is 16.5. The number of nitrogens with zero attached hydrogens (tertiary/aromatic N) is 2. The topological polar surface area (TPSA) is 32.8 Å². The Bertz CT molecular complexity index is 458. The van der Waals surface area contributed by atoms with Crippen LogP contribution in [0.15, 0.2) is 24.3 Å². The first-order chi connectivity index (χ1) is 10.3. The third-order valence-corrected chi connectivity index (χ3v) is 4.38. The summed E-state index contributed by atoms with van der Waals surface area (Å²) in [6.07, 6.45) is 4.77. The maximum Gasteiger partial charge on any atom is 0.253 e. The van der Waals surface area contributed by atoms with Crippen LogP contribution in [0.5, 0.6) is 0 Å². The Labute approximate surface area is 126 Å². The van der Waals surface area contributed by atoms with Gasteiger partial charge >= 0.3 is 0 Å². The zero-order valence-electron chi connectivity index (χ0n) is 12.6. The summed E-state index contributed by atoms with van der Waals surface area (Å²) in [4.78, 5) is 16.9. The fourth-order valence-corrected chi connectivity index (χ4v) is 3.09. The second-order valence-electron chi connectivity index (χ2n) is 5.85. The van der Waals surface area contributed by atoms with E-state index in [0.717, 1.165) is 57.8 Å². The number of carbonyl (C=O) groups is 1. The van der Waals surface area contributed by atoms with Gasteiger partial charge in [-0.25, -0.2) is 0 Å². The van der Waals surface area contributed by atoms with Gasteiger partial charge in [0.05, 0.1) is 13.2 Å². The van der Waals surface area contributed by atoms with E-state index in [-0.39, 0.29) is 5.91 Å². The van der Waals surface area contributed by atoms with Crippen LogP contribution in [0.1, 0.15) is 36.0 Å². The highest BCUT2D eigenvalue weighted by Crippen LogP contribution is 2.19. The van der Waals surface area contributed by atoms with Crippen molar-refractivity contribution in [1.29, 1.82) is 0 Å². The van der Waals surface area contributed by atoms with Gasteiger partial charge in [0.2, 0.25) is 0 Å². The third-order valence-electron chi connectivity index (χ3n) is 4.38. The largest absolute Gasteiger partial charge is 0.378 e. The minimum Gasteiger partial charge on any atom is -0.378 e. The lowest BCUT2D eigenvalue weighted by Crippen LogP contribution is -2.36. The zero-order chi connectivity index (χ0) is 14.5. The van der Waals surface area contributed by atoms with Crippen molar-refractivity contribution in [1.82, 2.24) is 4.90 Å². The van der Waals surface area contributed by atoms with Gasteiger partial charge in [0.25, 0.3) is 5.91 Å². The molecule has 114 valence electrons. The van der Waals surface area contributed by atoms with Crippen LogP contribution in [0.2, 0.25) is 0 Å². The molecular formula is C17H24N2O2. The molecule has 0 atom stereocenters. The van der Waals surface area contributed by atoms with Gasteiger partial charge in [-0.05, 0) is 37.1 Å². The van der Waals surface area contributed by atoms with E-state index in [1.54, 1.807) is 0 Å². The molecule has 2 fully saturated rings. The lowest BCUT2D eigenvalue weighted by Gasteiger charge is -2.29. The number of rotatable bonds is 2. The van der Waals surface area contributed by atoms with Crippen molar-refractivity contribution in [3.05, 3.63) is 29.8 Å². The minimum absolute atomic E-state index is 0.186. The molecule has 4 heteroatoms. The molecule has 0 radical (unpaired) electrons. The number of amides is 1. The van der Waals surface area contributed by atoms with Gasteiger partial charge in [-0.1, -0.05) is 12.8 Å². The van der Waals surface area contributed by atoms with Gasteiger partial charge in [0, 0.05) is 37.4 Å². The van der Waals surface area contributed by atoms with Gasteiger partial charge in [0.1, 0.15) is 0 Å². The molecule has 21 heavy (non-hydrogen) atoms. The van der Waals surface area contributed by atoms with Crippen molar-refractivity contribution in [2.75, 3.05) is 44.3 Å². The normalized spacial score (nSPS) is 20.2. The Kier molecular flexibility index (Phi) is 4.76. The van der Waals surface area contributed by atoms with Crippen molar-refractivity contribution in [2.24, 2.45) is 0 Å². The summed E-state index contributed by atoms with van der Waals surface area (Å²) in [6.45, 7) is 5.25. The van der Waals surface area contributed by atoms with Crippen LogP contribution in [-0.4, -0.2) is 50.2 Å². The predicted molar refractivity (Wildman–Crippen MR) is 83.8 cm³/mol. The molecule has 2 aliphatic heterocycles. The fourth-order valence-electron chi connectivity index (χ4n) is 3.09. The fraction of sp³-hybridized carbons (Fsp3) is 0.588. The number of ether oxygens (including phenoxy) is 1. The quantitative estimate of drug-likeness (QED) is 0.838. The van der Waals surface area contributed by atoms with Crippen LogP contribution in [0, 0.1) is 0 Å². The van der Waals surface area contributed by atoms with E-state index < -0.39 is 0 Å². The van der Waals surface area contributed by atoms with Gasteiger partial charge in [0.15, 0.2) is 0 Å². The van der Waals surface area contributed by atoms with Crippen LogP contribution >= 0.6 is 0 Å². The average Bonchev–Trinajstić information content (AvgIpc) is 2.84. The first-order valence-corrected chi connectivity index (χ1v) is 8.06. The number of likely N-dealkylation sites (tertiary alicyclic amines) is 1. The SMILES string of the molecule is O=C(c1ccc(N2CCOCC2)cc1)N1CCCCCC1. The highest BCUT2D eigenvalue weighted by Gasteiger charge is 2.18. The van der Waals surface area contributed by atoms with E-state index in [1.807, 2.05) is 17.0 Å². The molecule has 0 spiro atoms. The summed E-state index contributed by atoms with van der Waals surface area (Å²) in [5.74, 6) is 0.186. The lowest BCUT2D eigenvalue weighted by molar-refractivity contribution is 0.0761. The Balaban J connectivity index is 1.66. The molecular weight excluding hydrogens is 264 g/mol. The molecule has 0 aromatic heterocycles. The Morgan fingerprint density at radius 1 is 0.857 bits per heavy atom. The van der Waals surface area contributed by atoms with Crippen LogP contribution < -0.4 is 4.90 Å². The molecule has 0 bridgehead atoms. The molecule has 2 aliphatic rings. The van der Waals surface area contributed by atoms with Crippen LogP contribution in [-0.2, 0) is 4.74 Å². The van der Waals surface area contributed by atoms with Crippen molar-refractivity contribution in [3.63, 3.8) is 0 Å². The molecule has 0 unspecified atom stereocenters. The zero-order valence-corrected chi connectivity index (χ0v) is 12.6. The summed E-state index contributed by atoms with van der Waals surface area (Å²) in [5, 5.41) is 0. The molecule has 1 amide bonds. The third kappa shape index (κ3) is 3.56. The van der Waals surface area contributed by atoms with E-state index in [4.69, 9.17) is 4.74 Å². The minimum atomic E-state index is 0.186. The van der Waals surface area contributed by atoms with E-state index in [0.29, 0.717) is 0 Å². The van der Waals surface area contributed by atoms with E-state index in [2.05, 4.69) is 17.0 Å². The Hall–Kier alpha value is -1.55. The molecule has 3 rings (SSSR count). The lowest BCUT2D eigenvalue weighted by atomic mass is 10.1. The second-order valence-corrected chi connectivity index (χ2v) is 5.85. The maximum atomic E-state index is 12.5. The molecule has 1 aromatic carbocycles. The summed E-state index contributed by atoms with van der Waals surface area (Å²) < 4.78 is 5.37. The van der Waals surface area contributed by atoms with Crippen LogP contribution in [0.25, 0.3) is 0 Å². The molecule has 2 saturated heterocycles. The first-order valence-electron chi connectivity index (χ1n) is 8.06. The molecule has 0 aliphatic carbocycles. The molecule has 0 N–H and O–H groups in total. The van der Waals surface area contributed by atoms with E-state index in [9.17, 15) is 4.79 Å². The van der Waals surface area contributed by atoms with Crippen molar-refractivity contribution >= 4 is 11.6 Å². The predicted octanol–water partition coefficient (Wildman–Crippen LogP) is 2.54. The monoisotopic (exact) mass is 288 g/mol. The molecule has 0 saturated carbocycles. The molecule has 1 aromatic rings. The van der Waals surface area contributed by atoms with Gasteiger partial charge < -0.3 is 14.5 Å². The summed E-state index contributed by atoms with van der Waals surface area (Å²) in [6, 6.07) is 8.07. The number of anilines is 1. The molecule has 2 heterocycles. The Morgan fingerprint density at radius 2 is 1.48 bits per heavy atom. The standard InChI is InChI=1S/C17H24N2O2/c20-17(19-9-3-1-2-4-10-19)15-5-7-16(8-6-15)18-11-13-21-14-12-18/h5-8H,1-4,9-14H2. The summed E-state index contributed by atoms with van der Waals surface area (Å²) in [7, 11) is 0. The van der Waals surface area contributed by atoms with Gasteiger partial charge in [-0.2, -0.15) is 0 Å². The number of hydrogen-bond donors (Lipinski definition) is 0. The molecule has 4 nitrogen and oxygen atoms in total. The number of carbonyl (C=O) groups excluding carboxylic acids is 1. The summed E-state index contributed by atoms with van der Waals surface area (Å²) >= 11 is 0. The van der Waals surface area contributed by atoms with E-state index >= 15 is 0 Å². The van der Waals surface area contributed by atoms with Gasteiger partial charge in [-0.15, -0.1) is 0 Å². The number of hydrogen-bond acceptors (Lipinski definition) is 3. The van der Waals surface area contributed by atoms with Crippen LogP contribution in [0.4, 0.5) is 5.69 Å². The number of benzene rings is 1. The Morgan fingerprint density at radius 3 is 2.10 bits per heavy atom. The average molecular weight is 288 g/mol. The first kappa shape index (κ1) is 14.4.